The van der Waals surface area contributed by atoms with Crippen molar-refractivity contribution in [1.82, 2.24) is 10.6 Å². The van der Waals surface area contributed by atoms with Crippen LogP contribution >= 0.6 is 0 Å². The van der Waals surface area contributed by atoms with Crippen LogP contribution in [0.4, 0.5) is 5.69 Å². The molecule has 0 unspecified atom stereocenters. The molecule has 0 aliphatic rings. The van der Waals surface area contributed by atoms with Gasteiger partial charge < -0.3 is 20.6 Å². The minimum atomic E-state index is -0.275. The summed E-state index contributed by atoms with van der Waals surface area (Å²) in [5.74, 6) is 0. The van der Waals surface area contributed by atoms with Crippen LogP contribution in [0.15, 0.2) is 24.3 Å². The van der Waals surface area contributed by atoms with Crippen molar-refractivity contribution >= 4 is 5.69 Å². The molecule has 0 saturated carbocycles. The van der Waals surface area contributed by atoms with Crippen LogP contribution in [0.2, 0.25) is 0 Å². The van der Waals surface area contributed by atoms with Gasteiger partial charge in [-0.1, -0.05) is 12.1 Å². The normalized spacial score (nSPS) is 12.4. The highest BCUT2D eigenvalue weighted by Crippen LogP contribution is 2.14. The third-order valence-corrected chi connectivity index (χ3v) is 3.31. The van der Waals surface area contributed by atoms with E-state index in [9.17, 15) is 0 Å². The second-order valence-corrected chi connectivity index (χ2v) is 5.07. The lowest BCUT2D eigenvalue weighted by molar-refractivity contribution is 0.191. The zero-order chi connectivity index (χ0) is 14.8. The van der Waals surface area contributed by atoms with Gasteiger partial charge in [0.15, 0.2) is 0 Å². The number of aliphatic hydroxyl groups is 1. The van der Waals surface area contributed by atoms with Crippen LogP contribution in [0.5, 0.6) is 0 Å². The second kappa shape index (κ2) is 9.75. The summed E-state index contributed by atoms with van der Waals surface area (Å²) in [4.78, 5) is 2.34. The fraction of sp³-hybridized carbons (Fsp3) is 0.625. The molecule has 1 rings (SSSR count). The molecule has 20 heavy (non-hydrogen) atoms. The predicted octanol–water partition coefficient (Wildman–Crippen LogP) is 1.59. The maximum Gasteiger partial charge on any atom is 0.0636 e. The molecule has 0 amide bonds. The predicted molar refractivity (Wildman–Crippen MR) is 86.3 cm³/mol. The van der Waals surface area contributed by atoms with E-state index in [0.29, 0.717) is 6.54 Å². The van der Waals surface area contributed by atoms with Crippen molar-refractivity contribution in [2.45, 2.75) is 33.4 Å². The molecule has 0 fully saturated rings. The van der Waals surface area contributed by atoms with E-state index in [1.54, 1.807) is 6.92 Å². The lowest BCUT2D eigenvalue weighted by Crippen LogP contribution is -2.31. The highest BCUT2D eigenvalue weighted by Gasteiger charge is 2.01. The van der Waals surface area contributed by atoms with E-state index in [0.717, 1.165) is 32.7 Å². The minimum absolute atomic E-state index is 0.275. The van der Waals surface area contributed by atoms with Crippen LogP contribution in [0.3, 0.4) is 0 Å². The quantitative estimate of drug-likeness (QED) is 0.569. The van der Waals surface area contributed by atoms with E-state index in [4.69, 9.17) is 5.11 Å². The Morgan fingerprint density at radius 2 is 1.65 bits per heavy atom. The molecule has 0 bridgehead atoms. The van der Waals surface area contributed by atoms with Crippen molar-refractivity contribution in [3.05, 3.63) is 29.8 Å². The molecule has 4 heteroatoms. The molecule has 0 radical (unpaired) electrons. The average Bonchev–Trinajstić information content (AvgIpc) is 2.45. The van der Waals surface area contributed by atoms with Crippen molar-refractivity contribution in [2.75, 3.05) is 37.6 Å². The Kier molecular flexibility index (Phi) is 8.26. The molecular weight excluding hydrogens is 250 g/mol. The lowest BCUT2D eigenvalue weighted by atomic mass is 10.2. The van der Waals surface area contributed by atoms with Gasteiger partial charge in [-0.2, -0.15) is 0 Å². The summed E-state index contributed by atoms with van der Waals surface area (Å²) in [6.45, 7) is 11.6. The van der Waals surface area contributed by atoms with Gasteiger partial charge in [0.25, 0.3) is 0 Å². The molecule has 0 aromatic heterocycles. The molecule has 0 spiro atoms. The topological polar surface area (TPSA) is 47.5 Å². The summed E-state index contributed by atoms with van der Waals surface area (Å²) >= 11 is 0. The average molecular weight is 279 g/mol. The van der Waals surface area contributed by atoms with Gasteiger partial charge in [-0.15, -0.1) is 0 Å². The van der Waals surface area contributed by atoms with Crippen LogP contribution in [0.25, 0.3) is 0 Å². The summed E-state index contributed by atoms with van der Waals surface area (Å²) in [6.07, 6.45) is -0.275. The van der Waals surface area contributed by atoms with Gasteiger partial charge in [0.1, 0.15) is 0 Å². The molecule has 0 aliphatic carbocycles. The van der Waals surface area contributed by atoms with Crippen LogP contribution in [0, 0.1) is 0 Å². The van der Waals surface area contributed by atoms with Gasteiger partial charge in [-0.25, -0.2) is 0 Å². The van der Waals surface area contributed by atoms with E-state index in [-0.39, 0.29) is 6.10 Å². The summed E-state index contributed by atoms with van der Waals surface area (Å²) in [6, 6.07) is 8.75. The van der Waals surface area contributed by atoms with E-state index < -0.39 is 0 Å². The number of anilines is 1. The smallest absolute Gasteiger partial charge is 0.0636 e. The Balaban J connectivity index is 2.24. The van der Waals surface area contributed by atoms with Gasteiger partial charge in [0, 0.05) is 45.0 Å². The number of benzene rings is 1. The summed E-state index contributed by atoms with van der Waals surface area (Å²) in [5.41, 5.74) is 2.59. The minimum Gasteiger partial charge on any atom is -0.392 e. The molecule has 0 aliphatic heterocycles. The molecule has 114 valence electrons. The third kappa shape index (κ3) is 6.37. The Morgan fingerprint density at radius 3 is 2.20 bits per heavy atom. The molecule has 3 N–H and O–H groups in total. The number of rotatable bonds is 10. The molecule has 1 atom stereocenters. The van der Waals surface area contributed by atoms with Crippen LogP contribution < -0.4 is 15.5 Å². The molecular formula is C16H29N3O. The number of hydrogen-bond donors (Lipinski definition) is 3. The summed E-state index contributed by atoms with van der Waals surface area (Å²) < 4.78 is 0. The first-order valence-electron chi connectivity index (χ1n) is 7.60. The van der Waals surface area contributed by atoms with E-state index in [1.807, 2.05) is 0 Å². The number of aliphatic hydroxyl groups excluding tert-OH is 1. The van der Waals surface area contributed by atoms with Crippen molar-refractivity contribution < 1.29 is 5.11 Å². The molecule has 1 aromatic carbocycles. The summed E-state index contributed by atoms with van der Waals surface area (Å²) in [5, 5.41) is 15.7. The molecule has 0 saturated heterocycles. The van der Waals surface area contributed by atoms with Gasteiger partial charge in [0.05, 0.1) is 6.10 Å². The zero-order valence-corrected chi connectivity index (χ0v) is 13.0. The van der Waals surface area contributed by atoms with E-state index in [2.05, 4.69) is 53.6 Å². The fourth-order valence-electron chi connectivity index (χ4n) is 2.13. The fourth-order valence-corrected chi connectivity index (χ4v) is 2.13. The zero-order valence-electron chi connectivity index (χ0n) is 13.0. The van der Waals surface area contributed by atoms with Gasteiger partial charge in [-0.05, 0) is 38.5 Å². The number of nitrogens with zero attached hydrogens (tertiary/aromatic N) is 1. The largest absolute Gasteiger partial charge is 0.392 e. The maximum atomic E-state index is 9.11. The Bertz CT molecular complexity index is 347. The van der Waals surface area contributed by atoms with Crippen LogP contribution in [0.1, 0.15) is 26.3 Å². The first-order chi connectivity index (χ1) is 9.67. The van der Waals surface area contributed by atoms with Crippen molar-refractivity contribution in [1.29, 1.82) is 0 Å². The van der Waals surface area contributed by atoms with Crippen molar-refractivity contribution in [2.24, 2.45) is 0 Å². The third-order valence-electron chi connectivity index (χ3n) is 3.31. The number of hydrogen-bond acceptors (Lipinski definition) is 4. The summed E-state index contributed by atoms with van der Waals surface area (Å²) in [7, 11) is 0. The SMILES string of the molecule is CCN(CC)c1ccc(CNCCNC[C@H](C)O)cc1. The highest BCUT2D eigenvalue weighted by atomic mass is 16.3. The van der Waals surface area contributed by atoms with Crippen molar-refractivity contribution in [3.63, 3.8) is 0 Å². The van der Waals surface area contributed by atoms with Crippen LogP contribution in [-0.4, -0.2) is 43.9 Å². The maximum absolute atomic E-state index is 9.11. The molecule has 0 heterocycles. The highest BCUT2D eigenvalue weighted by molar-refractivity contribution is 5.47. The van der Waals surface area contributed by atoms with Gasteiger partial charge in [-0.3, -0.25) is 0 Å². The molecule has 4 nitrogen and oxygen atoms in total. The van der Waals surface area contributed by atoms with E-state index >= 15 is 0 Å². The first kappa shape index (κ1) is 17.0. The van der Waals surface area contributed by atoms with Crippen LogP contribution in [-0.2, 0) is 6.54 Å². The Labute approximate surface area is 123 Å². The molecule has 1 aromatic rings. The van der Waals surface area contributed by atoms with Crippen molar-refractivity contribution in [3.8, 4) is 0 Å². The number of nitrogens with one attached hydrogen (secondary N) is 2. The lowest BCUT2D eigenvalue weighted by Gasteiger charge is -2.21. The van der Waals surface area contributed by atoms with Gasteiger partial charge in [0.2, 0.25) is 0 Å². The Morgan fingerprint density at radius 1 is 1.05 bits per heavy atom. The standard InChI is InChI=1S/C16H29N3O/c1-4-19(5-2)16-8-6-15(7-9-16)13-18-11-10-17-12-14(3)20/h6-9,14,17-18,20H,4-5,10-13H2,1-3H3/t14-/m0/s1. The van der Waals surface area contributed by atoms with Gasteiger partial charge >= 0.3 is 0 Å². The Hall–Kier alpha value is -1.10. The van der Waals surface area contributed by atoms with E-state index in [1.165, 1.54) is 11.3 Å². The first-order valence-corrected chi connectivity index (χ1v) is 7.60. The monoisotopic (exact) mass is 279 g/mol. The second-order valence-electron chi connectivity index (χ2n) is 5.07.